The molecule has 1 aliphatic rings. The van der Waals surface area contributed by atoms with E-state index in [1.165, 1.54) is 0 Å². The summed E-state index contributed by atoms with van der Waals surface area (Å²) in [4.78, 5) is 36.9. The molecule has 0 aliphatic carbocycles. The predicted molar refractivity (Wildman–Crippen MR) is 90.7 cm³/mol. The predicted octanol–water partition coefficient (Wildman–Crippen LogP) is 1.89. The van der Waals surface area contributed by atoms with Crippen LogP contribution in [-0.2, 0) is 20.8 Å². The van der Waals surface area contributed by atoms with E-state index in [0.717, 1.165) is 11.3 Å². The number of anilines is 1. The van der Waals surface area contributed by atoms with Crippen LogP contribution in [0.5, 0.6) is 0 Å². The lowest BCUT2D eigenvalue weighted by molar-refractivity contribution is -0.141. The molecule has 1 aromatic carbocycles. The molecule has 0 fully saturated rings. The summed E-state index contributed by atoms with van der Waals surface area (Å²) in [6, 6.07) is 6.70. The van der Waals surface area contributed by atoms with Gasteiger partial charge in [0.1, 0.15) is 6.04 Å². The first-order chi connectivity index (χ1) is 11.5. The van der Waals surface area contributed by atoms with E-state index in [0.29, 0.717) is 12.8 Å². The molecule has 0 radical (unpaired) electrons. The summed E-state index contributed by atoms with van der Waals surface area (Å²) in [5.74, 6) is -1.45. The molecule has 0 saturated carbocycles. The number of amides is 2. The van der Waals surface area contributed by atoms with E-state index in [-0.39, 0.29) is 31.2 Å². The average Bonchev–Trinajstić information content (AvgIpc) is 2.57. The van der Waals surface area contributed by atoms with Gasteiger partial charge in [-0.1, -0.05) is 30.4 Å². The van der Waals surface area contributed by atoms with Gasteiger partial charge < -0.3 is 15.3 Å². The van der Waals surface area contributed by atoms with E-state index in [2.05, 4.69) is 5.32 Å². The molecule has 1 unspecified atom stereocenters. The van der Waals surface area contributed by atoms with Crippen LogP contribution < -0.4 is 10.2 Å². The molecule has 1 aromatic rings. The molecule has 0 spiro atoms. The van der Waals surface area contributed by atoms with Gasteiger partial charge >= 0.3 is 5.97 Å². The number of aryl methyl sites for hydroxylation is 1. The topological polar surface area (TPSA) is 86.7 Å². The molecule has 2 N–H and O–H groups in total. The summed E-state index contributed by atoms with van der Waals surface area (Å²) < 4.78 is 0. The molecule has 0 saturated heterocycles. The minimum atomic E-state index is -1.07. The Kier molecular flexibility index (Phi) is 6.12. The van der Waals surface area contributed by atoms with Gasteiger partial charge in [0.2, 0.25) is 11.8 Å². The van der Waals surface area contributed by atoms with Crippen molar-refractivity contribution in [2.75, 3.05) is 11.4 Å². The fourth-order valence-electron chi connectivity index (χ4n) is 2.72. The van der Waals surface area contributed by atoms with Gasteiger partial charge in [-0.3, -0.25) is 9.59 Å². The van der Waals surface area contributed by atoms with E-state index in [1.807, 2.05) is 24.3 Å². The fraction of sp³-hybridized carbons (Fsp3) is 0.389. The van der Waals surface area contributed by atoms with Crippen LogP contribution in [0.3, 0.4) is 0 Å². The number of aliphatic carboxylic acids is 1. The number of rotatable bonds is 7. The van der Waals surface area contributed by atoms with E-state index in [9.17, 15) is 14.4 Å². The maximum absolute atomic E-state index is 12.1. The lowest BCUT2D eigenvalue weighted by Crippen LogP contribution is -2.43. The highest BCUT2D eigenvalue weighted by Gasteiger charge is 2.25. The summed E-state index contributed by atoms with van der Waals surface area (Å²) in [5, 5.41) is 11.6. The van der Waals surface area contributed by atoms with Crippen LogP contribution in [0.1, 0.15) is 31.7 Å². The summed E-state index contributed by atoms with van der Waals surface area (Å²) in [6.45, 7) is 2.04. The highest BCUT2D eigenvalue weighted by molar-refractivity contribution is 5.97. The van der Waals surface area contributed by atoms with Crippen LogP contribution in [-0.4, -0.2) is 35.5 Å². The second-order valence-corrected chi connectivity index (χ2v) is 5.69. The summed E-state index contributed by atoms with van der Waals surface area (Å²) in [6.07, 6.45) is 4.89. The van der Waals surface area contributed by atoms with Crippen molar-refractivity contribution in [2.45, 2.75) is 38.6 Å². The number of fused-ring (bicyclic) bond motifs is 1. The van der Waals surface area contributed by atoms with Crippen LogP contribution in [0.2, 0.25) is 0 Å². The van der Waals surface area contributed by atoms with Crippen LogP contribution in [0.4, 0.5) is 5.69 Å². The number of allylic oxidation sites excluding steroid dienone is 1. The summed E-state index contributed by atoms with van der Waals surface area (Å²) in [7, 11) is 0. The molecule has 6 heteroatoms. The largest absolute Gasteiger partial charge is 0.480 e. The second-order valence-electron chi connectivity index (χ2n) is 5.69. The molecule has 0 bridgehead atoms. The Morgan fingerprint density at radius 2 is 2.08 bits per heavy atom. The smallest absolute Gasteiger partial charge is 0.326 e. The van der Waals surface area contributed by atoms with Gasteiger partial charge in [-0.15, -0.1) is 0 Å². The molecule has 2 rings (SSSR count). The van der Waals surface area contributed by atoms with Gasteiger partial charge in [0, 0.05) is 25.1 Å². The molecule has 0 aromatic heterocycles. The zero-order valence-electron chi connectivity index (χ0n) is 13.7. The average molecular weight is 330 g/mol. The Morgan fingerprint density at radius 1 is 1.33 bits per heavy atom. The zero-order valence-corrected chi connectivity index (χ0v) is 13.7. The standard InChI is InChI=1S/C18H22N2O4/c1-2-3-7-14(18(23)24)19-16(21)11-12-20-15-8-5-4-6-13(15)9-10-17(20)22/h2-6,8,14H,7,9-12H2,1H3,(H,19,21)(H,23,24)/b3-2+. The Hall–Kier alpha value is -2.63. The summed E-state index contributed by atoms with van der Waals surface area (Å²) in [5.41, 5.74) is 1.93. The van der Waals surface area contributed by atoms with Crippen LogP contribution in [0.15, 0.2) is 36.4 Å². The minimum Gasteiger partial charge on any atom is -0.480 e. The number of carboxylic acid groups (broad SMARTS) is 1. The van der Waals surface area contributed by atoms with Crippen molar-refractivity contribution in [3.63, 3.8) is 0 Å². The Balaban J connectivity index is 1.96. The van der Waals surface area contributed by atoms with Crippen LogP contribution in [0.25, 0.3) is 0 Å². The third-order valence-corrected chi connectivity index (χ3v) is 3.99. The maximum Gasteiger partial charge on any atom is 0.326 e. The number of hydrogen-bond donors (Lipinski definition) is 2. The quantitative estimate of drug-likeness (QED) is 0.748. The Labute approximate surface area is 141 Å². The number of benzene rings is 1. The highest BCUT2D eigenvalue weighted by Crippen LogP contribution is 2.27. The normalized spacial score (nSPS) is 15.2. The van der Waals surface area contributed by atoms with E-state index in [4.69, 9.17) is 5.11 Å². The van der Waals surface area contributed by atoms with Crippen LogP contribution in [0, 0.1) is 0 Å². The number of para-hydroxylation sites is 1. The van der Waals surface area contributed by atoms with Crippen molar-refractivity contribution in [2.24, 2.45) is 0 Å². The monoisotopic (exact) mass is 330 g/mol. The number of nitrogens with one attached hydrogen (secondary N) is 1. The highest BCUT2D eigenvalue weighted by atomic mass is 16.4. The van der Waals surface area contributed by atoms with Crippen molar-refractivity contribution >= 4 is 23.5 Å². The fourth-order valence-corrected chi connectivity index (χ4v) is 2.72. The van der Waals surface area contributed by atoms with Gasteiger partial charge in [0.15, 0.2) is 0 Å². The van der Waals surface area contributed by atoms with Crippen molar-refractivity contribution < 1.29 is 19.5 Å². The first kappa shape index (κ1) is 17.7. The van der Waals surface area contributed by atoms with Gasteiger partial charge in [-0.25, -0.2) is 4.79 Å². The summed E-state index contributed by atoms with van der Waals surface area (Å²) >= 11 is 0. The Bertz CT molecular complexity index is 654. The molecular weight excluding hydrogens is 308 g/mol. The van der Waals surface area contributed by atoms with E-state index >= 15 is 0 Å². The number of carbonyl (C=O) groups is 3. The van der Waals surface area contributed by atoms with Crippen molar-refractivity contribution in [3.8, 4) is 0 Å². The number of carbonyl (C=O) groups excluding carboxylic acids is 2. The SMILES string of the molecule is C/C=C/CC(NC(=O)CCN1C(=O)CCc2ccccc21)C(=O)O. The number of carboxylic acids is 1. The minimum absolute atomic E-state index is 0.00907. The van der Waals surface area contributed by atoms with Gasteiger partial charge in [-0.2, -0.15) is 0 Å². The second kappa shape index (κ2) is 8.29. The Morgan fingerprint density at radius 3 is 2.79 bits per heavy atom. The maximum atomic E-state index is 12.1. The number of hydrogen-bond acceptors (Lipinski definition) is 3. The first-order valence-corrected chi connectivity index (χ1v) is 8.04. The van der Waals surface area contributed by atoms with Crippen molar-refractivity contribution in [1.29, 1.82) is 0 Å². The van der Waals surface area contributed by atoms with Crippen molar-refractivity contribution in [3.05, 3.63) is 42.0 Å². The molecular formula is C18H22N2O4. The van der Waals surface area contributed by atoms with Gasteiger partial charge in [0.25, 0.3) is 0 Å². The van der Waals surface area contributed by atoms with Gasteiger partial charge in [0.05, 0.1) is 0 Å². The zero-order chi connectivity index (χ0) is 17.5. The molecule has 6 nitrogen and oxygen atoms in total. The third kappa shape index (κ3) is 4.44. The molecule has 1 atom stereocenters. The van der Waals surface area contributed by atoms with E-state index < -0.39 is 12.0 Å². The van der Waals surface area contributed by atoms with E-state index in [1.54, 1.807) is 24.0 Å². The first-order valence-electron chi connectivity index (χ1n) is 8.04. The molecule has 1 heterocycles. The lowest BCUT2D eigenvalue weighted by Gasteiger charge is -2.29. The van der Waals surface area contributed by atoms with Crippen molar-refractivity contribution in [1.82, 2.24) is 5.32 Å². The molecule has 128 valence electrons. The number of nitrogens with zero attached hydrogens (tertiary/aromatic N) is 1. The third-order valence-electron chi connectivity index (χ3n) is 3.99. The lowest BCUT2D eigenvalue weighted by atomic mass is 10.0. The molecule has 24 heavy (non-hydrogen) atoms. The molecule has 2 amide bonds. The van der Waals surface area contributed by atoms with Gasteiger partial charge in [-0.05, 0) is 31.4 Å². The molecule has 1 aliphatic heterocycles. The van der Waals surface area contributed by atoms with Crippen LogP contribution >= 0.6 is 0 Å².